The van der Waals surface area contributed by atoms with Gasteiger partial charge >= 0.3 is 0 Å². The highest BCUT2D eigenvalue weighted by Gasteiger charge is 2.07. The lowest BCUT2D eigenvalue weighted by atomic mass is 10.2. The molecule has 0 aromatic carbocycles. The first-order valence-electron chi connectivity index (χ1n) is 6.74. The summed E-state index contributed by atoms with van der Waals surface area (Å²) in [6.45, 7) is 11.7. The Hall–Kier alpha value is -0.840. The van der Waals surface area contributed by atoms with Crippen LogP contribution >= 0.6 is 0 Å². The molecule has 0 aliphatic rings. The van der Waals surface area contributed by atoms with Crippen LogP contribution in [0.3, 0.4) is 0 Å². The lowest BCUT2D eigenvalue weighted by Gasteiger charge is -2.17. The summed E-state index contributed by atoms with van der Waals surface area (Å²) < 4.78 is 11.3. The van der Waals surface area contributed by atoms with Gasteiger partial charge in [-0.15, -0.1) is 0 Å². The van der Waals surface area contributed by atoms with Crippen LogP contribution in [0.1, 0.15) is 30.9 Å². The third kappa shape index (κ3) is 4.80. The molecule has 4 heteroatoms. The molecule has 0 aliphatic heterocycles. The summed E-state index contributed by atoms with van der Waals surface area (Å²) in [5.41, 5.74) is 1.15. The van der Waals surface area contributed by atoms with Crippen LogP contribution in [0, 0.1) is 6.92 Å². The van der Waals surface area contributed by atoms with Gasteiger partial charge in [-0.05, 0) is 33.1 Å². The Balaban J connectivity index is 2.30. The molecular formula is C14H26N2O2. The fourth-order valence-electron chi connectivity index (χ4n) is 1.91. The number of rotatable bonds is 9. The zero-order valence-electron chi connectivity index (χ0n) is 12.1. The predicted molar refractivity (Wildman–Crippen MR) is 73.7 cm³/mol. The summed E-state index contributed by atoms with van der Waals surface area (Å²) in [5.74, 6) is 1.93. The van der Waals surface area contributed by atoms with E-state index in [9.17, 15) is 0 Å². The summed E-state index contributed by atoms with van der Waals surface area (Å²) >= 11 is 0. The number of likely N-dealkylation sites (N-methyl/N-ethyl adjacent to an activating group) is 1. The van der Waals surface area contributed by atoms with Gasteiger partial charge in [0, 0.05) is 12.1 Å². The van der Waals surface area contributed by atoms with Crippen molar-refractivity contribution in [3.63, 3.8) is 0 Å². The van der Waals surface area contributed by atoms with Crippen molar-refractivity contribution in [2.24, 2.45) is 0 Å². The zero-order chi connectivity index (χ0) is 13.4. The van der Waals surface area contributed by atoms with Gasteiger partial charge in [-0.3, -0.25) is 0 Å². The molecule has 0 saturated carbocycles. The minimum absolute atomic E-state index is 0.639. The minimum atomic E-state index is 0.639. The quantitative estimate of drug-likeness (QED) is 0.685. The normalized spacial score (nSPS) is 11.4. The van der Waals surface area contributed by atoms with Gasteiger partial charge in [-0.1, -0.05) is 13.8 Å². The topological polar surface area (TPSA) is 37.6 Å². The van der Waals surface area contributed by atoms with Gasteiger partial charge in [0.1, 0.15) is 11.5 Å². The van der Waals surface area contributed by atoms with Crippen molar-refractivity contribution in [3.05, 3.63) is 23.2 Å². The fraction of sp³-hybridized carbons (Fsp3) is 0.714. The van der Waals surface area contributed by atoms with Crippen molar-refractivity contribution in [3.8, 4) is 0 Å². The summed E-state index contributed by atoms with van der Waals surface area (Å²) in [4.78, 5) is 2.36. The van der Waals surface area contributed by atoms with E-state index in [1.807, 2.05) is 14.0 Å². The van der Waals surface area contributed by atoms with Crippen LogP contribution in [0.2, 0.25) is 0 Å². The number of furan rings is 1. The number of nitrogens with zero attached hydrogens (tertiary/aromatic N) is 1. The Bertz CT molecular complexity index is 333. The van der Waals surface area contributed by atoms with Gasteiger partial charge in [0.25, 0.3) is 0 Å². The number of hydrogen-bond acceptors (Lipinski definition) is 4. The second-order valence-electron chi connectivity index (χ2n) is 4.40. The van der Waals surface area contributed by atoms with Crippen LogP contribution in [-0.4, -0.2) is 38.2 Å². The standard InChI is InChI=1S/C14H26N2O2/c1-5-16(6-2)7-8-17-11-13-9-14(10-15-4)18-12(13)3/h9,15H,5-8,10-11H2,1-4H3. The highest BCUT2D eigenvalue weighted by molar-refractivity contribution is 5.19. The number of aryl methyl sites for hydroxylation is 1. The lowest BCUT2D eigenvalue weighted by molar-refractivity contribution is 0.0949. The maximum Gasteiger partial charge on any atom is 0.118 e. The van der Waals surface area contributed by atoms with Gasteiger partial charge in [0.15, 0.2) is 0 Å². The van der Waals surface area contributed by atoms with E-state index in [1.54, 1.807) is 0 Å². The second-order valence-corrected chi connectivity index (χ2v) is 4.40. The average Bonchev–Trinajstić information content (AvgIpc) is 2.71. The van der Waals surface area contributed by atoms with Crippen molar-refractivity contribution >= 4 is 0 Å². The highest BCUT2D eigenvalue weighted by atomic mass is 16.5. The molecule has 0 saturated heterocycles. The molecule has 0 aliphatic carbocycles. The maximum atomic E-state index is 5.70. The molecule has 4 nitrogen and oxygen atoms in total. The molecule has 1 aromatic rings. The smallest absolute Gasteiger partial charge is 0.118 e. The van der Waals surface area contributed by atoms with E-state index >= 15 is 0 Å². The van der Waals surface area contributed by atoms with Crippen molar-refractivity contribution in [1.29, 1.82) is 0 Å². The first-order chi connectivity index (χ1) is 8.71. The Morgan fingerprint density at radius 3 is 2.67 bits per heavy atom. The molecule has 1 aromatic heterocycles. The van der Waals surface area contributed by atoms with E-state index in [-0.39, 0.29) is 0 Å². The lowest BCUT2D eigenvalue weighted by Crippen LogP contribution is -2.26. The van der Waals surface area contributed by atoms with Gasteiger partial charge < -0.3 is 19.4 Å². The highest BCUT2D eigenvalue weighted by Crippen LogP contribution is 2.15. The van der Waals surface area contributed by atoms with E-state index in [2.05, 4.69) is 30.1 Å². The molecule has 18 heavy (non-hydrogen) atoms. The second kappa shape index (κ2) is 8.29. The molecule has 0 amide bonds. The molecule has 104 valence electrons. The first kappa shape index (κ1) is 15.2. The van der Waals surface area contributed by atoms with E-state index < -0.39 is 0 Å². The van der Waals surface area contributed by atoms with Crippen molar-refractivity contribution in [2.45, 2.75) is 33.9 Å². The van der Waals surface area contributed by atoms with Crippen LogP contribution in [0.25, 0.3) is 0 Å². The third-order valence-electron chi connectivity index (χ3n) is 3.13. The minimum Gasteiger partial charge on any atom is -0.465 e. The Kier molecular flexibility index (Phi) is 7.01. The zero-order valence-corrected chi connectivity index (χ0v) is 12.1. The molecule has 0 fully saturated rings. The number of ether oxygens (including phenoxy) is 1. The summed E-state index contributed by atoms with van der Waals surface area (Å²) in [5, 5.41) is 3.08. The van der Waals surface area contributed by atoms with Crippen LogP contribution in [0.15, 0.2) is 10.5 Å². The summed E-state index contributed by atoms with van der Waals surface area (Å²) in [6, 6.07) is 2.07. The van der Waals surface area contributed by atoms with E-state index in [1.165, 1.54) is 0 Å². The van der Waals surface area contributed by atoms with Gasteiger partial charge in [0.05, 0.1) is 19.8 Å². The molecule has 1 rings (SSSR count). The molecule has 0 radical (unpaired) electrons. The molecule has 0 atom stereocenters. The molecule has 0 unspecified atom stereocenters. The third-order valence-corrected chi connectivity index (χ3v) is 3.13. The van der Waals surface area contributed by atoms with Crippen molar-refractivity contribution in [1.82, 2.24) is 10.2 Å². The van der Waals surface area contributed by atoms with Gasteiger partial charge in [0.2, 0.25) is 0 Å². The summed E-state index contributed by atoms with van der Waals surface area (Å²) in [6.07, 6.45) is 0. The SMILES string of the molecule is CCN(CC)CCOCc1cc(CNC)oc1C. The predicted octanol–water partition coefficient (Wildman–Crippen LogP) is 2.17. The Labute approximate surface area is 110 Å². The molecule has 0 spiro atoms. The van der Waals surface area contributed by atoms with Gasteiger partial charge in [-0.25, -0.2) is 0 Å². The van der Waals surface area contributed by atoms with Crippen LogP contribution < -0.4 is 5.32 Å². The molecule has 1 heterocycles. The van der Waals surface area contributed by atoms with Crippen molar-refractivity contribution < 1.29 is 9.15 Å². The maximum absolute atomic E-state index is 5.70. The average molecular weight is 254 g/mol. The van der Waals surface area contributed by atoms with E-state index in [4.69, 9.17) is 9.15 Å². The Morgan fingerprint density at radius 2 is 2.06 bits per heavy atom. The fourth-order valence-corrected chi connectivity index (χ4v) is 1.91. The number of nitrogens with one attached hydrogen (secondary N) is 1. The van der Waals surface area contributed by atoms with Crippen LogP contribution in [0.4, 0.5) is 0 Å². The molecule has 0 bridgehead atoms. The van der Waals surface area contributed by atoms with Crippen LogP contribution in [-0.2, 0) is 17.9 Å². The monoisotopic (exact) mass is 254 g/mol. The molecule has 1 N–H and O–H groups in total. The van der Waals surface area contributed by atoms with Gasteiger partial charge in [-0.2, -0.15) is 0 Å². The first-order valence-corrected chi connectivity index (χ1v) is 6.74. The van der Waals surface area contributed by atoms with Crippen molar-refractivity contribution in [2.75, 3.05) is 33.3 Å². The Morgan fingerprint density at radius 1 is 1.33 bits per heavy atom. The largest absolute Gasteiger partial charge is 0.465 e. The molecular weight excluding hydrogens is 228 g/mol. The van der Waals surface area contributed by atoms with E-state index in [0.717, 1.165) is 49.9 Å². The van der Waals surface area contributed by atoms with E-state index in [0.29, 0.717) is 6.61 Å². The summed E-state index contributed by atoms with van der Waals surface area (Å²) in [7, 11) is 1.91. The number of hydrogen-bond donors (Lipinski definition) is 1. The van der Waals surface area contributed by atoms with Crippen LogP contribution in [0.5, 0.6) is 0 Å².